The molecule has 8 heteroatoms. The molecule has 27 heavy (non-hydrogen) atoms. The van der Waals surface area contributed by atoms with E-state index in [9.17, 15) is 9.59 Å². The number of hydrogen-bond acceptors (Lipinski definition) is 4. The average Bonchev–Trinajstić information content (AvgIpc) is 3.22. The number of nitrogens with zero attached hydrogens (tertiary/aromatic N) is 3. The lowest BCUT2D eigenvalue weighted by Crippen LogP contribution is -2.52. The van der Waals surface area contributed by atoms with E-state index in [2.05, 4.69) is 10.3 Å². The SMILES string of the molecule is Cc1cc(CNC(=O)N(C)[C@@H]2CCCN(C(=O)c3cncs3)C2)ccc1Cl. The Morgan fingerprint density at radius 1 is 1.44 bits per heavy atom. The first-order chi connectivity index (χ1) is 13.0. The maximum absolute atomic E-state index is 12.6. The summed E-state index contributed by atoms with van der Waals surface area (Å²) in [5.41, 5.74) is 3.65. The zero-order valence-corrected chi connectivity index (χ0v) is 17.0. The van der Waals surface area contributed by atoms with Crippen LogP contribution in [-0.4, -0.2) is 52.9 Å². The Kier molecular flexibility index (Phi) is 6.34. The quantitative estimate of drug-likeness (QED) is 0.844. The van der Waals surface area contributed by atoms with Crippen molar-refractivity contribution in [3.63, 3.8) is 0 Å². The summed E-state index contributed by atoms with van der Waals surface area (Å²) in [4.78, 5) is 33.2. The van der Waals surface area contributed by atoms with Crippen LogP contribution < -0.4 is 5.32 Å². The Bertz CT molecular complexity index is 812. The predicted molar refractivity (Wildman–Crippen MR) is 107 cm³/mol. The molecule has 1 aliphatic heterocycles. The molecule has 1 aromatic carbocycles. The van der Waals surface area contributed by atoms with Crippen LogP contribution in [0.5, 0.6) is 0 Å². The van der Waals surface area contributed by atoms with Crippen molar-refractivity contribution < 1.29 is 9.59 Å². The van der Waals surface area contributed by atoms with Gasteiger partial charge in [0.15, 0.2) is 0 Å². The highest BCUT2D eigenvalue weighted by molar-refractivity contribution is 7.11. The van der Waals surface area contributed by atoms with E-state index in [0.29, 0.717) is 24.5 Å². The molecule has 0 saturated carbocycles. The van der Waals surface area contributed by atoms with E-state index >= 15 is 0 Å². The van der Waals surface area contributed by atoms with Crippen LogP contribution >= 0.6 is 22.9 Å². The van der Waals surface area contributed by atoms with Gasteiger partial charge in [0, 0.05) is 31.7 Å². The number of likely N-dealkylation sites (N-methyl/N-ethyl adjacent to an activating group) is 1. The molecule has 0 spiro atoms. The first-order valence-corrected chi connectivity index (χ1v) is 10.1. The van der Waals surface area contributed by atoms with E-state index in [0.717, 1.165) is 29.0 Å². The summed E-state index contributed by atoms with van der Waals surface area (Å²) in [6, 6.07) is 5.58. The lowest BCUT2D eigenvalue weighted by atomic mass is 10.0. The molecule has 1 saturated heterocycles. The molecule has 144 valence electrons. The molecule has 0 bridgehead atoms. The molecule has 1 atom stereocenters. The first-order valence-electron chi connectivity index (χ1n) is 8.89. The Morgan fingerprint density at radius 2 is 2.26 bits per heavy atom. The van der Waals surface area contributed by atoms with Crippen molar-refractivity contribution in [2.45, 2.75) is 32.4 Å². The van der Waals surface area contributed by atoms with Crippen LogP contribution in [0.4, 0.5) is 4.79 Å². The van der Waals surface area contributed by atoms with Gasteiger partial charge in [-0.25, -0.2) is 4.79 Å². The van der Waals surface area contributed by atoms with Crippen LogP contribution in [0.15, 0.2) is 29.9 Å². The number of piperidine rings is 1. The smallest absolute Gasteiger partial charge is 0.317 e. The monoisotopic (exact) mass is 406 g/mol. The number of benzene rings is 1. The van der Waals surface area contributed by atoms with Crippen molar-refractivity contribution in [3.05, 3.63) is 50.9 Å². The molecule has 2 heterocycles. The largest absolute Gasteiger partial charge is 0.336 e. The highest BCUT2D eigenvalue weighted by Crippen LogP contribution is 2.19. The van der Waals surface area contributed by atoms with Gasteiger partial charge in [-0.2, -0.15) is 0 Å². The van der Waals surface area contributed by atoms with Gasteiger partial charge in [-0.15, -0.1) is 11.3 Å². The molecule has 1 aromatic heterocycles. The molecular weight excluding hydrogens is 384 g/mol. The Morgan fingerprint density at radius 3 is 2.96 bits per heavy atom. The fraction of sp³-hybridized carbons (Fsp3) is 0.421. The standard InChI is InChI=1S/C19H23ClN4O2S/c1-13-8-14(5-6-16(13)20)9-22-19(26)23(2)15-4-3-7-24(11-15)18(25)17-10-21-12-27-17/h5-6,8,10,12,15H,3-4,7,9,11H2,1-2H3,(H,22,26)/t15-/m1/s1. The van der Waals surface area contributed by atoms with E-state index in [4.69, 9.17) is 11.6 Å². The van der Waals surface area contributed by atoms with Gasteiger partial charge < -0.3 is 15.1 Å². The molecule has 6 nitrogen and oxygen atoms in total. The second-order valence-electron chi connectivity index (χ2n) is 6.77. The number of carbonyl (C=O) groups is 2. The van der Waals surface area contributed by atoms with Crippen LogP contribution in [0.3, 0.4) is 0 Å². The van der Waals surface area contributed by atoms with Crippen LogP contribution in [0.2, 0.25) is 5.02 Å². The summed E-state index contributed by atoms with van der Waals surface area (Å²) in [7, 11) is 1.79. The fourth-order valence-corrected chi connectivity index (χ4v) is 3.92. The molecule has 0 radical (unpaired) electrons. The van der Waals surface area contributed by atoms with Crippen LogP contribution in [-0.2, 0) is 6.54 Å². The van der Waals surface area contributed by atoms with E-state index in [1.165, 1.54) is 11.3 Å². The van der Waals surface area contributed by atoms with E-state index in [1.807, 2.05) is 30.0 Å². The van der Waals surface area contributed by atoms with E-state index < -0.39 is 0 Å². The Hall–Kier alpha value is -2.12. The number of carbonyl (C=O) groups excluding carboxylic acids is 2. The van der Waals surface area contributed by atoms with Crippen molar-refractivity contribution in [3.8, 4) is 0 Å². The van der Waals surface area contributed by atoms with E-state index in [-0.39, 0.29) is 18.0 Å². The summed E-state index contributed by atoms with van der Waals surface area (Å²) in [6.07, 6.45) is 3.36. The number of urea groups is 1. The normalized spacial score (nSPS) is 16.9. The Labute approximate surface area is 168 Å². The van der Waals surface area contributed by atoms with Crippen molar-refractivity contribution in [1.29, 1.82) is 0 Å². The number of rotatable bonds is 4. The van der Waals surface area contributed by atoms with Crippen molar-refractivity contribution in [1.82, 2.24) is 20.1 Å². The molecule has 3 amide bonds. The molecular formula is C19H23ClN4O2S. The lowest BCUT2D eigenvalue weighted by Gasteiger charge is -2.37. The van der Waals surface area contributed by atoms with Gasteiger partial charge in [0.25, 0.3) is 5.91 Å². The number of likely N-dealkylation sites (tertiary alicyclic amines) is 1. The molecule has 0 aliphatic carbocycles. The topological polar surface area (TPSA) is 65.5 Å². The summed E-state index contributed by atoms with van der Waals surface area (Å²) in [5, 5.41) is 3.66. The molecule has 2 aromatic rings. The van der Waals surface area contributed by atoms with Gasteiger partial charge in [0.2, 0.25) is 0 Å². The summed E-state index contributed by atoms with van der Waals surface area (Å²) < 4.78 is 0. The molecule has 0 unspecified atom stereocenters. The second kappa shape index (κ2) is 8.71. The number of nitrogens with one attached hydrogen (secondary N) is 1. The molecule has 1 N–H and O–H groups in total. The minimum atomic E-state index is -0.139. The fourth-order valence-electron chi connectivity index (χ4n) is 3.22. The minimum Gasteiger partial charge on any atom is -0.336 e. The maximum Gasteiger partial charge on any atom is 0.317 e. The number of hydrogen-bond donors (Lipinski definition) is 1. The number of amides is 3. The highest BCUT2D eigenvalue weighted by atomic mass is 35.5. The lowest BCUT2D eigenvalue weighted by molar-refractivity contribution is 0.0641. The van der Waals surface area contributed by atoms with Crippen molar-refractivity contribution >= 4 is 34.9 Å². The zero-order chi connectivity index (χ0) is 19.4. The third kappa shape index (κ3) is 4.78. The third-order valence-corrected chi connectivity index (χ3v) is 6.05. The van der Waals surface area contributed by atoms with Gasteiger partial charge in [-0.3, -0.25) is 9.78 Å². The van der Waals surface area contributed by atoms with Gasteiger partial charge in [-0.05, 0) is 37.0 Å². The number of aromatic nitrogens is 1. The van der Waals surface area contributed by atoms with Crippen molar-refractivity contribution in [2.24, 2.45) is 0 Å². The minimum absolute atomic E-state index is 0.00238. The predicted octanol–water partition coefficient (Wildman–Crippen LogP) is 3.55. The zero-order valence-electron chi connectivity index (χ0n) is 15.4. The van der Waals surface area contributed by atoms with Gasteiger partial charge in [0.1, 0.15) is 4.88 Å². The molecule has 1 aliphatic rings. The summed E-state index contributed by atoms with van der Waals surface area (Å²) in [6.45, 7) is 3.64. The van der Waals surface area contributed by atoms with Crippen molar-refractivity contribution in [2.75, 3.05) is 20.1 Å². The van der Waals surface area contributed by atoms with Crippen LogP contribution in [0.1, 0.15) is 33.6 Å². The number of thiazole rings is 1. The van der Waals surface area contributed by atoms with Gasteiger partial charge >= 0.3 is 6.03 Å². The maximum atomic E-state index is 12.6. The van der Waals surface area contributed by atoms with Gasteiger partial charge in [0.05, 0.1) is 17.7 Å². The number of aryl methyl sites for hydroxylation is 1. The summed E-state index contributed by atoms with van der Waals surface area (Å²) >= 11 is 7.38. The first kappa shape index (κ1) is 19.6. The van der Waals surface area contributed by atoms with E-state index in [1.54, 1.807) is 23.7 Å². The molecule has 3 rings (SSSR count). The average molecular weight is 407 g/mol. The third-order valence-electron chi connectivity index (χ3n) is 4.86. The Balaban J connectivity index is 1.55. The highest BCUT2D eigenvalue weighted by Gasteiger charge is 2.29. The summed E-state index contributed by atoms with van der Waals surface area (Å²) in [5.74, 6) is -0.00681. The van der Waals surface area contributed by atoms with Gasteiger partial charge in [-0.1, -0.05) is 23.7 Å². The molecule has 1 fully saturated rings. The van der Waals surface area contributed by atoms with Crippen LogP contribution in [0.25, 0.3) is 0 Å². The number of halogens is 1. The second-order valence-corrected chi connectivity index (χ2v) is 8.06. The van der Waals surface area contributed by atoms with Crippen LogP contribution in [0, 0.1) is 6.92 Å².